The number of hydrogen-bond acceptors (Lipinski definition) is 8. The van der Waals surface area contributed by atoms with Gasteiger partial charge in [-0.25, -0.2) is 18.4 Å². The number of rotatable bonds is 60. The molecule has 0 spiro atoms. The van der Waals surface area contributed by atoms with Gasteiger partial charge in [0.2, 0.25) is 0 Å². The number of anilines is 1. The minimum absolute atomic E-state index is 0.215. The van der Waals surface area contributed by atoms with Gasteiger partial charge in [0, 0.05) is 23.7 Å². The van der Waals surface area contributed by atoms with Crippen molar-refractivity contribution in [1.29, 1.82) is 0 Å². The molecule has 0 aliphatic carbocycles. The minimum atomic E-state index is -3.36. The van der Waals surface area contributed by atoms with Gasteiger partial charge in [-0.3, -0.25) is 0 Å². The van der Waals surface area contributed by atoms with E-state index in [9.17, 15) is 8.42 Å². The van der Waals surface area contributed by atoms with E-state index < -0.39 is 385 Å². The molecular formula is C25H137N5O3P108S. The summed E-state index contributed by atoms with van der Waals surface area (Å²) in [6, 6.07) is 16.4. The summed E-state index contributed by atoms with van der Waals surface area (Å²) in [6.45, 7) is -21.9. The number of nitrogens with one attached hydrogen (secondary N) is 1. The SMILES string of the molecule is CCC(C)S(=O)(=O)c1ccc(-c2cnc(N)c(-c3cc(-c4ccc(CNC)cc4)no3)n2)cc1.PP(P)P(P)P(P(P(P)P)P(P)P)P(P(P(P(P)P)P(P)P)P(P(P)P)P(P)P)P(P(P(P(P)P)P(P)P)P(P(P)P)P(P)P)P(P(P(P(P(P)P)P(P)P)P(P(P)P)P(P)P)P(P(P(P)P)P(P)P)P(P(P)P)P(P)P)P(P(P(P(P)P)P(P)P)P(P(P)P)P(P)P)P(P(P(P)P)P(P)P)P(P(P)P)P(P)P. The molecule has 0 radical (unpaired) electrons. The lowest BCUT2D eigenvalue weighted by molar-refractivity contribution is 0.434. The maximum Gasteiger partial charge on any atom is 0.189 e. The number of sulfone groups is 1. The normalized spacial score (nSPS) is 15.0. The van der Waals surface area contributed by atoms with Crippen LogP contribution in [0.1, 0.15) is 25.8 Å². The topological polar surface area (TPSA) is 124 Å². The first-order chi connectivity index (χ1) is 65.4. The van der Waals surface area contributed by atoms with Crippen molar-refractivity contribution in [2.75, 3.05) is 12.8 Å². The van der Waals surface area contributed by atoms with Crippen LogP contribution in [0, 0.1) is 0 Å². The van der Waals surface area contributed by atoms with E-state index in [1.165, 1.54) is 5.56 Å². The fourth-order valence-electron chi connectivity index (χ4n) is 10.1. The molecule has 0 aliphatic rings. The number of nitrogens with zero attached hydrogens (tertiary/aromatic N) is 3. The number of nitrogen functional groups attached to an aromatic ring is 1. The zero-order valence-electron chi connectivity index (χ0n) is 74.8. The molecule has 2 aromatic heterocycles. The maximum absolute atomic E-state index is 12.6. The molecule has 0 saturated heterocycles. The van der Waals surface area contributed by atoms with Crippen molar-refractivity contribution in [3.63, 3.8) is 0 Å². The van der Waals surface area contributed by atoms with Crippen LogP contribution in [0.4, 0.5) is 5.82 Å². The second kappa shape index (κ2) is 94.7. The van der Waals surface area contributed by atoms with E-state index in [2.05, 4.69) is 512 Å². The molecule has 3 N–H and O–H groups in total. The highest BCUT2D eigenvalue weighted by Crippen LogP contribution is 3.56. The Morgan fingerprint density at radius 2 is 0.486 bits per heavy atom. The van der Waals surface area contributed by atoms with Crippen molar-refractivity contribution in [3.8, 4) is 34.0 Å². The van der Waals surface area contributed by atoms with Crippen molar-refractivity contribution in [2.24, 2.45) is 0 Å². The summed E-state index contributed by atoms with van der Waals surface area (Å²) in [5.74, 6) is 0.615. The van der Waals surface area contributed by atoms with Crippen LogP contribution in [0.15, 0.2) is 70.2 Å². The molecule has 0 aliphatic heterocycles. The van der Waals surface area contributed by atoms with Gasteiger partial charge < -0.3 is 15.6 Å². The van der Waals surface area contributed by atoms with E-state index in [4.69, 9.17) is 10.3 Å². The van der Waals surface area contributed by atoms with Gasteiger partial charge in [0.25, 0.3) is 0 Å². The van der Waals surface area contributed by atoms with Crippen molar-refractivity contribution in [2.45, 2.75) is 37.0 Å². The Hall–Kier alpha value is 42.9. The highest BCUT2D eigenvalue weighted by molar-refractivity contribution is 9.61. The Labute approximate surface area is 1040 Å². The van der Waals surface area contributed by atoms with E-state index in [1.54, 1.807) is 43.5 Å². The second-order valence-electron chi connectivity index (χ2n) is 25.4. The molecule has 0 saturated carbocycles. The third kappa shape index (κ3) is 58.4. The summed E-state index contributed by atoms with van der Waals surface area (Å²) < 4.78 is 30.7. The van der Waals surface area contributed by atoms with Crippen LogP contribution in [-0.4, -0.2) is 35.8 Å². The molecule has 60 unspecified atom stereocenters. The summed E-state index contributed by atoms with van der Waals surface area (Å²) in [5, 5.41) is 6.84. The number of hydrogen-bond donors (Lipinski definition) is 2. The summed E-state index contributed by atoms with van der Waals surface area (Å²) in [5.41, 5.74) is 10.5. The molecule has 8 nitrogen and oxygen atoms in total. The lowest BCUT2D eigenvalue weighted by atomic mass is 10.1. The van der Waals surface area contributed by atoms with Crippen LogP contribution in [0.5, 0.6) is 0 Å². The Kier molecular flexibility index (Phi) is 119. The van der Waals surface area contributed by atoms with Gasteiger partial charge in [-0.2, -0.15) is 0 Å². The zero-order chi connectivity index (χ0) is 110. The quantitative estimate of drug-likeness (QED) is 0.0419. The predicted molar refractivity (Wildman–Crippen MR) is 1030 cm³/mol. The lowest BCUT2D eigenvalue weighted by Gasteiger charge is -2.64. The van der Waals surface area contributed by atoms with Gasteiger partial charge in [0.15, 0.2) is 27.1 Å². The van der Waals surface area contributed by atoms with Gasteiger partial charge in [-0.05, 0) is 408 Å². The summed E-state index contributed by atoms with van der Waals surface area (Å²) in [4.78, 5) is 9.17. The number of aromatic nitrogens is 3. The van der Waals surface area contributed by atoms with E-state index in [0.29, 0.717) is 29.3 Å². The van der Waals surface area contributed by atoms with Crippen LogP contribution >= 0.6 is 861 Å². The Bertz CT molecular complexity index is 3880. The average molecular weight is 3930 g/mol. The Balaban J connectivity index is 0.00000126. The Morgan fingerprint density at radius 3 is 0.690 bits per heavy atom. The van der Waals surface area contributed by atoms with Crippen molar-refractivity contribution in [3.05, 3.63) is 66.4 Å². The zero-order valence-corrected chi connectivity index (χ0v) is 187. The molecule has 0 bridgehead atoms. The molecular weight excluding hydrogens is 3800 g/mol. The van der Waals surface area contributed by atoms with Crippen LogP contribution in [0.25, 0.3) is 34.0 Å². The molecule has 142 heavy (non-hydrogen) atoms. The maximum atomic E-state index is 12.6. The molecule has 0 fully saturated rings. The lowest BCUT2D eigenvalue weighted by Crippen LogP contribution is -2.16. The van der Waals surface area contributed by atoms with Gasteiger partial charge in [-0.1, -0.05) is 48.5 Å². The molecule has 826 valence electrons. The first-order valence-corrected chi connectivity index (χ1v) is 234. The molecule has 117 heteroatoms. The van der Waals surface area contributed by atoms with E-state index in [-0.39, 0.29) is 10.7 Å². The molecule has 4 aromatic rings. The number of benzene rings is 2. The van der Waals surface area contributed by atoms with E-state index >= 15 is 0 Å². The van der Waals surface area contributed by atoms with Gasteiger partial charge >= 0.3 is 0 Å². The smallest absolute Gasteiger partial charge is 0.189 e. The van der Waals surface area contributed by atoms with Gasteiger partial charge in [-0.15, -0.1) is 491 Å². The Morgan fingerprint density at radius 1 is 0.289 bits per heavy atom. The fraction of sp³-hybridized carbons (Fsp3) is 0.240. The van der Waals surface area contributed by atoms with E-state index in [1.807, 2.05) is 38.2 Å². The van der Waals surface area contributed by atoms with Gasteiger partial charge in [0.1, 0.15) is 5.69 Å². The summed E-state index contributed by atoms with van der Waals surface area (Å²) >= 11 is 0. The first kappa shape index (κ1) is 179. The number of nitrogens with two attached hydrogens (primary N) is 1. The van der Waals surface area contributed by atoms with Crippen molar-refractivity contribution < 1.29 is 12.9 Å². The van der Waals surface area contributed by atoms with Crippen LogP contribution < -0.4 is 11.1 Å². The summed E-state index contributed by atoms with van der Waals surface area (Å²) in [6.07, 6.45) is 2.10. The molecule has 4 rings (SSSR count). The van der Waals surface area contributed by atoms with E-state index in [0.717, 1.165) is 17.7 Å². The van der Waals surface area contributed by atoms with Crippen LogP contribution in [0.3, 0.4) is 0 Å². The largest absolute Gasteiger partial charge is 0.382 e. The third-order valence-corrected chi connectivity index (χ3v) is 788. The highest BCUT2D eigenvalue weighted by atomic mass is 33.7. The summed E-state index contributed by atoms with van der Waals surface area (Å²) in [7, 11) is 210. The van der Waals surface area contributed by atoms with Crippen LogP contribution in [-0.2, 0) is 16.4 Å². The first-order valence-electron chi connectivity index (χ1n) is 35.6. The highest BCUT2D eigenvalue weighted by Gasteiger charge is 2.69. The molecule has 2 aromatic carbocycles. The molecule has 0 amide bonds. The predicted octanol–water partition coefficient (Wildman–Crippen LogP) is 67.9. The minimum Gasteiger partial charge on any atom is -0.382 e. The van der Waals surface area contributed by atoms with Crippen molar-refractivity contribution in [1.82, 2.24) is 20.4 Å². The average Bonchev–Trinajstić information content (AvgIpc) is 0.797. The van der Waals surface area contributed by atoms with Crippen molar-refractivity contribution >= 4 is 877 Å². The van der Waals surface area contributed by atoms with Gasteiger partial charge in [0.05, 0.1) is 22.0 Å². The molecule has 2 heterocycles. The standard InChI is InChI=1S/C25H27N5O3S.H110P108/c1-4-16(2)34(31,32)20-11-9-19(10-12-20)22-15-28-25(26)24(29-22)23-13-21(30-33-23)18-7-5-17(6-8-18)14-27-3;1-56(2)83(55)97(84(57(3)4)58(5)6)104(98(85(59(7)8)60(9)10)86(61(11)12)62(13)14)107(103(95(79(47)48)80(49)50)96(81(51)52)82(53)54)108(105(99(87(63(15)16)64(17)18)88(65(19)20)66(21)22)100(89(67(23)24)68(25)26)90(69(27)28)70(29)30)106(101(91(71(31)32)72(33)34)92(73(35)36)74(37)38)102(93(75(39)40)76(41)42)94(77(43)44)78(45)46/h5-13,15-16,27H,4,14H2,1-3H3,(H2,26,28);1-55H2. The monoisotopic (exact) mass is 3930 g/mol. The second-order valence-corrected chi connectivity index (χ2v) is 477. The van der Waals surface area contributed by atoms with Crippen LogP contribution in [0.2, 0.25) is 0 Å². The molecule has 60 atom stereocenters. The third-order valence-electron chi connectivity index (χ3n) is 15.4. The fourth-order valence-corrected chi connectivity index (χ4v) is 1620.